The van der Waals surface area contributed by atoms with Gasteiger partial charge in [-0.2, -0.15) is 0 Å². The number of ether oxygens (including phenoxy) is 7. The van der Waals surface area contributed by atoms with Crippen molar-refractivity contribution in [2.24, 2.45) is 0 Å². The second-order valence-electron chi connectivity index (χ2n) is 6.64. The third-order valence-corrected chi connectivity index (χ3v) is 3.83. The van der Waals surface area contributed by atoms with Gasteiger partial charge < -0.3 is 43.4 Å². The Kier molecular flexibility index (Phi) is 23.4. The summed E-state index contributed by atoms with van der Waals surface area (Å²) in [4.78, 5) is 32.0. The van der Waals surface area contributed by atoms with Crippen LogP contribution in [0.25, 0.3) is 0 Å². The van der Waals surface area contributed by atoms with Crippen molar-refractivity contribution in [3.05, 3.63) is 0 Å². The van der Waals surface area contributed by atoms with E-state index in [1.807, 2.05) is 0 Å². The first-order valence-corrected chi connectivity index (χ1v) is 11.1. The number of rotatable bonds is 26. The van der Waals surface area contributed by atoms with Crippen molar-refractivity contribution >= 4 is 17.9 Å². The lowest BCUT2D eigenvalue weighted by Gasteiger charge is -2.08. The molecular weight excluding hydrogens is 444 g/mol. The quantitative estimate of drug-likeness (QED) is 0.132. The first-order chi connectivity index (χ1) is 16.0. The molecule has 0 spiro atoms. The van der Waals surface area contributed by atoms with Crippen LogP contribution < -0.4 is 0 Å². The highest BCUT2D eigenvalue weighted by Crippen LogP contribution is 2.01. The van der Waals surface area contributed by atoms with E-state index in [9.17, 15) is 14.4 Å². The van der Waals surface area contributed by atoms with E-state index in [4.69, 9.17) is 43.4 Å². The van der Waals surface area contributed by atoms with Crippen LogP contribution in [0, 0.1) is 0 Å². The Balaban J connectivity index is 3.12. The molecule has 0 saturated heterocycles. The molecule has 0 aromatic carbocycles. The van der Waals surface area contributed by atoms with E-state index in [1.165, 1.54) is 0 Å². The summed E-state index contributed by atoms with van der Waals surface area (Å²) < 4.78 is 36.7. The second-order valence-corrected chi connectivity index (χ2v) is 6.64. The molecule has 0 bridgehead atoms. The molecule has 0 unspecified atom stereocenters. The van der Waals surface area contributed by atoms with E-state index in [0.29, 0.717) is 78.9 Å². The van der Waals surface area contributed by atoms with Crippen molar-refractivity contribution in [1.82, 2.24) is 0 Å². The molecule has 12 heteroatoms. The molecule has 0 aromatic rings. The molecule has 33 heavy (non-hydrogen) atoms. The van der Waals surface area contributed by atoms with Crippen molar-refractivity contribution in [2.75, 3.05) is 85.9 Å². The Morgan fingerprint density at radius 3 is 1.15 bits per heavy atom. The fraction of sp³-hybridized carbons (Fsp3) is 0.857. The zero-order valence-electron chi connectivity index (χ0n) is 19.2. The standard InChI is InChI=1S/C21H38O12/c22-19(23)3-1-2-4-21(26)33-18-17-32-16-15-31-14-13-30-12-11-29-10-9-28-8-7-27-6-5-20(24)25/h1-18H2,(H,22,23)(H,24,25). The van der Waals surface area contributed by atoms with Crippen molar-refractivity contribution < 1.29 is 57.8 Å². The molecule has 2 N–H and O–H groups in total. The Morgan fingerprint density at radius 2 is 0.758 bits per heavy atom. The van der Waals surface area contributed by atoms with Gasteiger partial charge in [0.1, 0.15) is 6.61 Å². The maximum absolute atomic E-state index is 11.4. The van der Waals surface area contributed by atoms with Gasteiger partial charge in [-0.3, -0.25) is 14.4 Å². The first-order valence-electron chi connectivity index (χ1n) is 11.1. The fourth-order valence-corrected chi connectivity index (χ4v) is 2.19. The maximum atomic E-state index is 11.4. The van der Waals surface area contributed by atoms with Gasteiger partial charge in [0.05, 0.1) is 85.7 Å². The number of hydrogen-bond donors (Lipinski definition) is 2. The molecule has 0 aliphatic rings. The van der Waals surface area contributed by atoms with E-state index in [1.54, 1.807) is 0 Å². The largest absolute Gasteiger partial charge is 0.481 e. The van der Waals surface area contributed by atoms with Crippen LogP contribution in [0.2, 0.25) is 0 Å². The van der Waals surface area contributed by atoms with Crippen LogP contribution in [0.3, 0.4) is 0 Å². The Hall–Kier alpha value is -1.83. The molecule has 0 heterocycles. The number of carboxylic acid groups (broad SMARTS) is 2. The molecule has 0 radical (unpaired) electrons. The summed E-state index contributed by atoms with van der Waals surface area (Å²) in [6.45, 7) is 4.76. The summed E-state index contributed by atoms with van der Waals surface area (Å²) in [7, 11) is 0. The van der Waals surface area contributed by atoms with Crippen LogP contribution in [0.15, 0.2) is 0 Å². The number of esters is 1. The minimum Gasteiger partial charge on any atom is -0.481 e. The normalized spacial score (nSPS) is 10.9. The molecule has 0 atom stereocenters. The van der Waals surface area contributed by atoms with E-state index in [-0.39, 0.29) is 45.1 Å². The molecule has 0 amide bonds. The van der Waals surface area contributed by atoms with E-state index in [0.717, 1.165) is 0 Å². The molecule has 0 rings (SSSR count). The van der Waals surface area contributed by atoms with Gasteiger partial charge >= 0.3 is 17.9 Å². The SMILES string of the molecule is O=C(O)CCCCC(=O)OCCOCCOCCOCCOCCOCCOCCC(=O)O. The van der Waals surface area contributed by atoms with Crippen LogP contribution in [0.4, 0.5) is 0 Å². The molecule has 0 saturated carbocycles. The number of unbranched alkanes of at least 4 members (excludes halogenated alkanes) is 1. The third kappa shape index (κ3) is 28.1. The lowest BCUT2D eigenvalue weighted by molar-refractivity contribution is -0.146. The van der Waals surface area contributed by atoms with Gasteiger partial charge in [0.25, 0.3) is 0 Å². The van der Waals surface area contributed by atoms with Crippen LogP contribution >= 0.6 is 0 Å². The van der Waals surface area contributed by atoms with E-state index < -0.39 is 11.9 Å². The molecule has 0 aliphatic heterocycles. The Morgan fingerprint density at radius 1 is 0.424 bits per heavy atom. The summed E-state index contributed by atoms with van der Waals surface area (Å²) in [5.74, 6) is -2.10. The summed E-state index contributed by atoms with van der Waals surface area (Å²) in [5.41, 5.74) is 0. The second kappa shape index (κ2) is 24.8. The highest BCUT2D eigenvalue weighted by molar-refractivity contribution is 5.69. The smallest absolute Gasteiger partial charge is 0.305 e. The van der Waals surface area contributed by atoms with Crippen molar-refractivity contribution in [2.45, 2.75) is 32.1 Å². The zero-order valence-corrected chi connectivity index (χ0v) is 19.2. The predicted octanol–water partition coefficient (Wildman–Crippen LogP) is 0.749. The average Bonchev–Trinajstić information content (AvgIpc) is 2.77. The molecule has 0 fully saturated rings. The van der Waals surface area contributed by atoms with Gasteiger partial charge in [0.15, 0.2) is 0 Å². The molecule has 194 valence electrons. The van der Waals surface area contributed by atoms with Gasteiger partial charge in [-0.05, 0) is 12.8 Å². The van der Waals surface area contributed by atoms with Gasteiger partial charge in [-0.1, -0.05) is 0 Å². The third-order valence-electron chi connectivity index (χ3n) is 3.83. The van der Waals surface area contributed by atoms with Gasteiger partial charge in [0, 0.05) is 12.8 Å². The van der Waals surface area contributed by atoms with Gasteiger partial charge in [0.2, 0.25) is 0 Å². The van der Waals surface area contributed by atoms with Gasteiger partial charge in [-0.25, -0.2) is 0 Å². The zero-order chi connectivity index (χ0) is 24.4. The lowest BCUT2D eigenvalue weighted by atomic mass is 10.2. The highest BCUT2D eigenvalue weighted by atomic mass is 16.6. The van der Waals surface area contributed by atoms with Crippen molar-refractivity contribution in [3.8, 4) is 0 Å². The summed E-state index contributed by atoms with van der Waals surface area (Å²) in [5, 5.41) is 16.9. The minimum atomic E-state index is -0.885. The fourth-order valence-electron chi connectivity index (χ4n) is 2.19. The van der Waals surface area contributed by atoms with E-state index >= 15 is 0 Å². The summed E-state index contributed by atoms with van der Waals surface area (Å²) >= 11 is 0. The monoisotopic (exact) mass is 482 g/mol. The highest BCUT2D eigenvalue weighted by Gasteiger charge is 2.04. The summed E-state index contributed by atoms with van der Waals surface area (Å²) in [6.07, 6.45) is 1.21. The number of carboxylic acids is 2. The van der Waals surface area contributed by atoms with Crippen LogP contribution in [-0.4, -0.2) is 114 Å². The summed E-state index contributed by atoms with van der Waals surface area (Å²) in [6, 6.07) is 0. The van der Waals surface area contributed by atoms with Crippen molar-refractivity contribution in [3.63, 3.8) is 0 Å². The lowest BCUT2D eigenvalue weighted by Crippen LogP contribution is -2.15. The van der Waals surface area contributed by atoms with Crippen molar-refractivity contribution in [1.29, 1.82) is 0 Å². The molecule has 0 aromatic heterocycles. The average molecular weight is 483 g/mol. The molecule has 12 nitrogen and oxygen atoms in total. The number of aliphatic carboxylic acids is 2. The predicted molar refractivity (Wildman–Crippen MR) is 114 cm³/mol. The van der Waals surface area contributed by atoms with Crippen LogP contribution in [-0.2, 0) is 47.5 Å². The Labute approximate surface area is 194 Å². The Bertz CT molecular complexity index is 486. The maximum Gasteiger partial charge on any atom is 0.305 e. The van der Waals surface area contributed by atoms with Crippen LogP contribution in [0.1, 0.15) is 32.1 Å². The number of carbonyl (C=O) groups excluding carboxylic acids is 1. The van der Waals surface area contributed by atoms with Gasteiger partial charge in [-0.15, -0.1) is 0 Å². The molecular formula is C21H38O12. The number of hydrogen-bond acceptors (Lipinski definition) is 10. The van der Waals surface area contributed by atoms with Crippen LogP contribution in [0.5, 0.6) is 0 Å². The van der Waals surface area contributed by atoms with E-state index in [2.05, 4.69) is 0 Å². The molecule has 0 aliphatic carbocycles. The minimum absolute atomic E-state index is 0.0125. The number of carbonyl (C=O) groups is 3. The topological polar surface area (TPSA) is 156 Å². The first kappa shape index (κ1) is 31.2.